The summed E-state index contributed by atoms with van der Waals surface area (Å²) in [6.07, 6.45) is 0. The first-order valence-corrected chi connectivity index (χ1v) is 1.10. The van der Waals surface area contributed by atoms with Crippen molar-refractivity contribution in [1.29, 1.82) is 0 Å². The predicted octanol–water partition coefficient (Wildman–Crippen LogP) is -0.454. The van der Waals surface area contributed by atoms with Crippen LogP contribution in [0.2, 0.25) is 0 Å². The molecule has 2 N–H and O–H groups in total. The minimum absolute atomic E-state index is 0. The van der Waals surface area contributed by atoms with E-state index in [1.807, 2.05) is 0 Å². The standard InChI is InChI=1S/In.3HNO2.H2O/c;3*2-1-3;/h;3*(H,2,3);1H2/q+3;;;;/p-3. The molecule has 10 nitrogen and oxygen atoms in total. The van der Waals surface area contributed by atoms with Crippen LogP contribution in [0.25, 0.3) is 0 Å². The van der Waals surface area contributed by atoms with Gasteiger partial charge in [0.15, 0.2) is 0 Å². The molecule has 0 rings (SSSR count). The molecule has 0 saturated heterocycles. The second kappa shape index (κ2) is 141. The molecule has 0 aliphatic carbocycles. The summed E-state index contributed by atoms with van der Waals surface area (Å²) in [7, 11) is 0. The molecule has 0 aliphatic heterocycles. The van der Waals surface area contributed by atoms with Gasteiger partial charge >= 0.3 is 25.8 Å². The monoisotopic (exact) mass is 271 g/mol. The van der Waals surface area contributed by atoms with Crippen LogP contribution in [0.1, 0.15) is 0 Å². The van der Waals surface area contributed by atoms with Gasteiger partial charge in [-0.25, -0.2) is 0 Å². The molecule has 0 aliphatic rings. The van der Waals surface area contributed by atoms with E-state index in [4.69, 9.17) is 30.3 Å². The predicted molar refractivity (Wildman–Crippen MR) is 36.9 cm³/mol. The molecule has 0 heterocycles. The van der Waals surface area contributed by atoms with Gasteiger partial charge in [0.25, 0.3) is 0 Å². The van der Waals surface area contributed by atoms with Crippen molar-refractivity contribution < 1.29 is 5.48 Å². The number of hydrogen-bond donors (Lipinski definition) is 0. The van der Waals surface area contributed by atoms with Crippen LogP contribution < -0.4 is 0 Å². The zero-order valence-corrected chi connectivity index (χ0v) is 8.16. The number of nitrogens with zero attached hydrogens (tertiary/aromatic N) is 3. The number of rotatable bonds is 0. The van der Waals surface area contributed by atoms with Crippen LogP contribution in [0.3, 0.4) is 0 Å². The van der Waals surface area contributed by atoms with Gasteiger partial charge in [-0.1, -0.05) is 0 Å². The topological polar surface area (TPSA) is 189 Å². The van der Waals surface area contributed by atoms with Crippen LogP contribution in [-0.2, 0) is 0 Å². The molecular weight excluding hydrogens is 269 g/mol. The third-order valence-corrected chi connectivity index (χ3v) is 0. The van der Waals surface area contributed by atoms with Gasteiger partial charge < -0.3 is 35.8 Å². The Hall–Kier alpha value is -0.970. The Morgan fingerprint density at radius 1 is 0.727 bits per heavy atom. The third kappa shape index (κ3) is 474. The minimum atomic E-state index is 0. The first-order valence-electron chi connectivity index (χ1n) is 1.10. The fraction of sp³-hybridized carbons (Fsp3) is 0. The van der Waals surface area contributed by atoms with Gasteiger partial charge in [-0.15, -0.1) is 16.0 Å². The summed E-state index contributed by atoms with van der Waals surface area (Å²) in [4.78, 5) is 24.0. The second-order valence-electron chi connectivity index (χ2n) is 0.224. The van der Waals surface area contributed by atoms with E-state index in [1.54, 1.807) is 0 Å². The summed E-state index contributed by atoms with van der Waals surface area (Å²) in [5.41, 5.74) is 0. The molecule has 0 aromatic carbocycles. The van der Waals surface area contributed by atoms with Crippen molar-refractivity contribution in [3.05, 3.63) is 30.3 Å². The van der Waals surface area contributed by atoms with Gasteiger partial charge in [0.2, 0.25) is 0 Å². The van der Waals surface area contributed by atoms with Crippen molar-refractivity contribution in [2.75, 3.05) is 0 Å². The van der Waals surface area contributed by atoms with Crippen molar-refractivity contribution in [1.82, 2.24) is 0 Å². The van der Waals surface area contributed by atoms with Gasteiger partial charge in [-0.2, -0.15) is 0 Å². The van der Waals surface area contributed by atoms with E-state index < -0.39 is 0 Å². The summed E-state index contributed by atoms with van der Waals surface area (Å²) < 4.78 is 0. The Kier molecular flexibility index (Phi) is 415. The van der Waals surface area contributed by atoms with Gasteiger partial charge in [0.1, 0.15) is 0 Å². The van der Waals surface area contributed by atoms with Crippen LogP contribution in [0.15, 0.2) is 16.0 Å². The summed E-state index contributed by atoms with van der Waals surface area (Å²) in [6.45, 7) is 0. The molecule has 0 amide bonds. The molecular formula is H2InN3O7. The molecule has 0 aromatic heterocycles. The average Bonchev–Trinajstić information content (AvgIpc) is 1.70. The van der Waals surface area contributed by atoms with Crippen molar-refractivity contribution in [3.8, 4) is 0 Å². The van der Waals surface area contributed by atoms with Crippen LogP contribution >= 0.6 is 0 Å². The zero-order chi connectivity index (χ0) is 8.12. The van der Waals surface area contributed by atoms with Gasteiger partial charge in [0.05, 0.1) is 0 Å². The molecule has 0 unspecified atom stereocenters. The van der Waals surface area contributed by atoms with E-state index in [9.17, 15) is 0 Å². The van der Waals surface area contributed by atoms with E-state index in [-0.39, 0.29) is 31.3 Å². The molecule has 11 heavy (non-hydrogen) atoms. The van der Waals surface area contributed by atoms with Crippen LogP contribution in [-0.4, -0.2) is 31.3 Å². The third-order valence-electron chi connectivity index (χ3n) is 0. The fourth-order valence-electron chi connectivity index (χ4n) is 0. The molecule has 62 valence electrons. The van der Waals surface area contributed by atoms with Gasteiger partial charge in [-0.05, 0) is 0 Å². The first-order chi connectivity index (χ1) is 4.24. The summed E-state index contributed by atoms with van der Waals surface area (Å²) in [6, 6.07) is 0. The van der Waals surface area contributed by atoms with Gasteiger partial charge in [-0.3, -0.25) is 0 Å². The Bertz CT molecular complexity index is 50.4. The Morgan fingerprint density at radius 2 is 0.727 bits per heavy atom. The van der Waals surface area contributed by atoms with E-state index >= 15 is 0 Å². The maximum atomic E-state index is 8.00. The van der Waals surface area contributed by atoms with E-state index in [1.165, 1.54) is 0 Å². The number of hydrogen-bond acceptors (Lipinski definition) is 9. The Labute approximate surface area is 78.1 Å². The quantitative estimate of drug-likeness (QED) is 0.422. The minimum Gasteiger partial charge on any atom is -0.444 e. The Morgan fingerprint density at radius 3 is 0.727 bits per heavy atom. The molecule has 0 atom stereocenters. The van der Waals surface area contributed by atoms with Crippen molar-refractivity contribution in [2.24, 2.45) is 16.0 Å². The van der Waals surface area contributed by atoms with Crippen molar-refractivity contribution in [3.63, 3.8) is 0 Å². The maximum absolute atomic E-state index is 8.00. The van der Waals surface area contributed by atoms with Crippen LogP contribution in [0, 0.1) is 30.3 Å². The van der Waals surface area contributed by atoms with E-state index in [0.717, 1.165) is 16.0 Å². The molecule has 0 spiro atoms. The average molecular weight is 271 g/mol. The summed E-state index contributed by atoms with van der Waals surface area (Å²) >= 11 is 0. The first kappa shape index (κ1) is 32.3. The second-order valence-corrected chi connectivity index (χ2v) is 0.224. The van der Waals surface area contributed by atoms with Gasteiger partial charge in [0, 0.05) is 0 Å². The molecule has 0 fully saturated rings. The maximum Gasteiger partial charge on any atom is 3.00 e. The van der Waals surface area contributed by atoms with E-state index in [0.29, 0.717) is 0 Å². The molecule has 0 bridgehead atoms. The van der Waals surface area contributed by atoms with Crippen molar-refractivity contribution in [2.45, 2.75) is 0 Å². The van der Waals surface area contributed by atoms with Crippen molar-refractivity contribution >= 4 is 25.8 Å². The zero-order valence-electron chi connectivity index (χ0n) is 4.87. The van der Waals surface area contributed by atoms with Crippen LogP contribution in [0.4, 0.5) is 0 Å². The molecule has 0 aromatic rings. The fourth-order valence-corrected chi connectivity index (χ4v) is 0. The van der Waals surface area contributed by atoms with Crippen LogP contribution in [0.5, 0.6) is 0 Å². The smallest absolute Gasteiger partial charge is 0.444 e. The molecule has 11 heteroatoms. The van der Waals surface area contributed by atoms with E-state index in [2.05, 4.69) is 0 Å². The summed E-state index contributed by atoms with van der Waals surface area (Å²) in [5, 5.41) is 27.0. The largest absolute Gasteiger partial charge is 3.00 e. The SMILES string of the molecule is O.O=N[O-].O=N[O-].O=N[O-].[In+3]. The molecule has 0 radical (unpaired) electrons. The Balaban J connectivity index is -0.0000000150. The molecule has 0 saturated carbocycles. The summed E-state index contributed by atoms with van der Waals surface area (Å²) in [5.74, 6) is 0. The normalized spacial score (nSPS) is 3.27.